The first-order valence-electron chi connectivity index (χ1n) is 8.80. The van der Waals surface area contributed by atoms with Crippen LogP contribution in [0, 0.1) is 5.92 Å². The van der Waals surface area contributed by atoms with Gasteiger partial charge in [0.25, 0.3) is 0 Å². The number of aromatic nitrogens is 2. The first-order chi connectivity index (χ1) is 11.8. The molecule has 1 atom stereocenters. The van der Waals surface area contributed by atoms with Crippen molar-refractivity contribution in [3.8, 4) is 0 Å². The van der Waals surface area contributed by atoms with E-state index in [1.54, 1.807) is 6.33 Å². The molecule has 0 aliphatic heterocycles. The third-order valence-corrected chi connectivity index (χ3v) is 6.13. The Balaban J connectivity index is 1.77. The number of hydrogen-bond donors (Lipinski definition) is 0. The van der Waals surface area contributed by atoms with Crippen LogP contribution in [0.2, 0.25) is 0 Å². The van der Waals surface area contributed by atoms with Crippen LogP contribution in [0.1, 0.15) is 36.3 Å². The maximum absolute atomic E-state index is 4.70. The van der Waals surface area contributed by atoms with Crippen molar-refractivity contribution in [3.63, 3.8) is 0 Å². The lowest BCUT2D eigenvalue weighted by Crippen LogP contribution is -2.23. The fourth-order valence-corrected chi connectivity index (χ4v) is 4.98. The number of rotatable bonds is 4. The number of aryl methyl sites for hydroxylation is 1. The molecule has 0 bridgehead atoms. The lowest BCUT2D eigenvalue weighted by Gasteiger charge is -2.24. The van der Waals surface area contributed by atoms with E-state index >= 15 is 0 Å². The topological polar surface area (TPSA) is 29.0 Å². The zero-order chi connectivity index (χ0) is 16.5. The van der Waals surface area contributed by atoms with Crippen molar-refractivity contribution in [2.75, 3.05) is 11.4 Å². The van der Waals surface area contributed by atoms with Gasteiger partial charge in [0.2, 0.25) is 0 Å². The molecule has 3 aromatic rings. The summed E-state index contributed by atoms with van der Waals surface area (Å²) in [6.45, 7) is 6.40. The minimum Gasteiger partial charge on any atom is -0.352 e. The van der Waals surface area contributed by atoms with Crippen LogP contribution in [-0.2, 0) is 19.4 Å². The number of hydrogen-bond acceptors (Lipinski definition) is 4. The van der Waals surface area contributed by atoms with Crippen LogP contribution >= 0.6 is 11.3 Å². The Morgan fingerprint density at radius 2 is 2.04 bits per heavy atom. The van der Waals surface area contributed by atoms with Crippen LogP contribution in [0.3, 0.4) is 0 Å². The largest absolute Gasteiger partial charge is 0.352 e. The zero-order valence-corrected chi connectivity index (χ0v) is 15.1. The van der Waals surface area contributed by atoms with Gasteiger partial charge in [0.1, 0.15) is 17.0 Å². The normalized spacial score (nSPS) is 17.0. The molecule has 124 valence electrons. The highest BCUT2D eigenvalue weighted by Gasteiger charge is 2.24. The Morgan fingerprint density at radius 3 is 2.83 bits per heavy atom. The second-order valence-electron chi connectivity index (χ2n) is 6.73. The first-order valence-corrected chi connectivity index (χ1v) is 9.62. The molecule has 24 heavy (non-hydrogen) atoms. The van der Waals surface area contributed by atoms with Gasteiger partial charge in [0.15, 0.2) is 0 Å². The minimum atomic E-state index is 0.786. The second-order valence-corrected chi connectivity index (χ2v) is 7.81. The van der Waals surface area contributed by atoms with Gasteiger partial charge in [-0.05, 0) is 43.2 Å². The highest BCUT2D eigenvalue weighted by molar-refractivity contribution is 7.19. The number of benzene rings is 1. The van der Waals surface area contributed by atoms with Gasteiger partial charge < -0.3 is 4.90 Å². The summed E-state index contributed by atoms with van der Waals surface area (Å²) in [6, 6.07) is 10.6. The molecule has 0 amide bonds. The molecule has 1 aliphatic rings. The van der Waals surface area contributed by atoms with E-state index in [0.717, 1.165) is 29.7 Å². The third-order valence-electron chi connectivity index (χ3n) is 4.97. The van der Waals surface area contributed by atoms with Gasteiger partial charge in [-0.15, -0.1) is 11.3 Å². The average molecular weight is 337 g/mol. The summed E-state index contributed by atoms with van der Waals surface area (Å²) in [4.78, 5) is 14.3. The minimum absolute atomic E-state index is 0.786. The van der Waals surface area contributed by atoms with E-state index in [2.05, 4.69) is 54.1 Å². The number of fused-ring (bicyclic) bond motifs is 3. The number of thiophene rings is 1. The van der Waals surface area contributed by atoms with Crippen molar-refractivity contribution >= 4 is 27.4 Å². The molecule has 0 spiro atoms. The van der Waals surface area contributed by atoms with Crippen molar-refractivity contribution in [3.05, 3.63) is 52.7 Å². The molecule has 0 saturated carbocycles. The standard InChI is InChI=1S/C20H23N3S/c1-3-23(12-15-7-5-4-6-8-15)19-18-16-10-9-14(2)11-17(16)24-20(18)22-13-21-19/h4-8,13-14H,3,9-12H2,1-2H3/t14-/m0/s1. The SMILES string of the molecule is CCN(Cc1ccccc1)c1ncnc2sc3c(c12)CC[C@H](C)C3. The van der Waals surface area contributed by atoms with Crippen LogP contribution in [0.4, 0.5) is 5.82 Å². The number of nitrogens with zero attached hydrogens (tertiary/aromatic N) is 3. The van der Waals surface area contributed by atoms with Gasteiger partial charge >= 0.3 is 0 Å². The van der Waals surface area contributed by atoms with Crippen molar-refractivity contribution in [2.45, 2.75) is 39.7 Å². The first kappa shape index (κ1) is 15.6. The Morgan fingerprint density at radius 1 is 1.21 bits per heavy atom. The molecule has 3 nitrogen and oxygen atoms in total. The Kier molecular flexibility index (Phi) is 4.23. The fourth-order valence-electron chi connectivity index (χ4n) is 3.64. The molecule has 4 rings (SSSR count). The van der Waals surface area contributed by atoms with Gasteiger partial charge in [0.05, 0.1) is 5.39 Å². The maximum Gasteiger partial charge on any atom is 0.141 e. The molecule has 2 aromatic heterocycles. The smallest absolute Gasteiger partial charge is 0.141 e. The van der Waals surface area contributed by atoms with Crippen LogP contribution in [0.15, 0.2) is 36.7 Å². The van der Waals surface area contributed by atoms with Crippen LogP contribution < -0.4 is 4.90 Å². The van der Waals surface area contributed by atoms with Gasteiger partial charge in [-0.2, -0.15) is 0 Å². The molecule has 1 aromatic carbocycles. The lowest BCUT2D eigenvalue weighted by atomic mass is 9.89. The Labute approximate surface area is 147 Å². The molecule has 2 heterocycles. The molecule has 0 N–H and O–H groups in total. The van der Waals surface area contributed by atoms with Crippen molar-refractivity contribution in [1.82, 2.24) is 9.97 Å². The molecular weight excluding hydrogens is 314 g/mol. The summed E-state index contributed by atoms with van der Waals surface area (Å²) in [5, 5.41) is 1.31. The molecule has 4 heteroatoms. The number of anilines is 1. The monoisotopic (exact) mass is 337 g/mol. The Bertz CT molecular complexity index is 841. The summed E-state index contributed by atoms with van der Waals surface area (Å²) < 4.78 is 0. The highest BCUT2D eigenvalue weighted by atomic mass is 32.1. The van der Waals surface area contributed by atoms with Crippen molar-refractivity contribution in [2.24, 2.45) is 5.92 Å². The molecule has 0 fully saturated rings. The molecule has 1 aliphatic carbocycles. The summed E-state index contributed by atoms with van der Waals surface area (Å²) in [5.41, 5.74) is 2.83. The van der Waals surface area contributed by atoms with E-state index in [1.165, 1.54) is 40.7 Å². The maximum atomic E-state index is 4.70. The van der Waals surface area contributed by atoms with E-state index in [4.69, 9.17) is 4.98 Å². The molecule has 0 radical (unpaired) electrons. The summed E-state index contributed by atoms with van der Waals surface area (Å²) in [6.07, 6.45) is 5.37. The van der Waals surface area contributed by atoms with Gasteiger partial charge in [-0.3, -0.25) is 0 Å². The molecule has 0 unspecified atom stereocenters. The van der Waals surface area contributed by atoms with Crippen LogP contribution in [0.5, 0.6) is 0 Å². The van der Waals surface area contributed by atoms with E-state index in [-0.39, 0.29) is 0 Å². The van der Waals surface area contributed by atoms with Crippen molar-refractivity contribution in [1.29, 1.82) is 0 Å². The quantitative estimate of drug-likeness (QED) is 0.682. The van der Waals surface area contributed by atoms with E-state index in [9.17, 15) is 0 Å². The second kappa shape index (κ2) is 6.52. The predicted octanol–water partition coefficient (Wildman–Crippen LogP) is 4.84. The average Bonchev–Trinajstić information content (AvgIpc) is 2.98. The summed E-state index contributed by atoms with van der Waals surface area (Å²) in [5.74, 6) is 1.90. The van der Waals surface area contributed by atoms with E-state index < -0.39 is 0 Å². The summed E-state index contributed by atoms with van der Waals surface area (Å²) in [7, 11) is 0. The lowest BCUT2D eigenvalue weighted by molar-refractivity contribution is 0.509. The van der Waals surface area contributed by atoms with E-state index in [0.29, 0.717) is 0 Å². The molecular formula is C20H23N3S. The summed E-state index contributed by atoms with van der Waals surface area (Å²) >= 11 is 1.87. The predicted molar refractivity (Wildman–Crippen MR) is 102 cm³/mol. The van der Waals surface area contributed by atoms with Crippen LogP contribution in [0.25, 0.3) is 10.2 Å². The molecule has 0 saturated heterocycles. The van der Waals surface area contributed by atoms with E-state index in [1.807, 2.05) is 11.3 Å². The fraction of sp³-hybridized carbons (Fsp3) is 0.400. The third kappa shape index (κ3) is 2.80. The van der Waals surface area contributed by atoms with Gasteiger partial charge in [-0.25, -0.2) is 9.97 Å². The van der Waals surface area contributed by atoms with Crippen molar-refractivity contribution < 1.29 is 0 Å². The van der Waals surface area contributed by atoms with Gasteiger partial charge in [0, 0.05) is 18.0 Å². The van der Waals surface area contributed by atoms with Gasteiger partial charge in [-0.1, -0.05) is 37.3 Å². The Hall–Kier alpha value is -1.94. The zero-order valence-electron chi connectivity index (χ0n) is 14.3. The van der Waals surface area contributed by atoms with Crippen LogP contribution in [-0.4, -0.2) is 16.5 Å². The highest BCUT2D eigenvalue weighted by Crippen LogP contribution is 2.40.